The SMILES string of the molecule is O=c1[nH]c2ccnn2c(O)c1-c1cccc(F)c1. The molecule has 0 amide bonds. The van der Waals surface area contributed by atoms with Gasteiger partial charge in [-0.1, -0.05) is 12.1 Å². The monoisotopic (exact) mass is 245 g/mol. The molecule has 0 saturated heterocycles. The molecule has 0 aliphatic rings. The maximum Gasteiger partial charge on any atom is 0.262 e. The third-order valence-electron chi connectivity index (χ3n) is 2.65. The second kappa shape index (κ2) is 3.69. The molecule has 18 heavy (non-hydrogen) atoms. The minimum atomic E-state index is -0.494. The molecule has 0 atom stereocenters. The Labute approximate surface area is 100 Å². The number of aromatic amines is 1. The normalized spacial score (nSPS) is 10.9. The van der Waals surface area contributed by atoms with E-state index in [1.165, 1.54) is 28.9 Å². The number of hydrogen-bond acceptors (Lipinski definition) is 3. The highest BCUT2D eigenvalue weighted by Crippen LogP contribution is 2.25. The van der Waals surface area contributed by atoms with Crippen LogP contribution in [0.2, 0.25) is 0 Å². The predicted molar refractivity (Wildman–Crippen MR) is 62.9 cm³/mol. The number of aromatic nitrogens is 3. The van der Waals surface area contributed by atoms with Gasteiger partial charge in [-0.05, 0) is 17.7 Å². The van der Waals surface area contributed by atoms with Gasteiger partial charge in [0.15, 0.2) is 0 Å². The van der Waals surface area contributed by atoms with E-state index in [1.54, 1.807) is 12.1 Å². The molecule has 0 saturated carbocycles. The lowest BCUT2D eigenvalue weighted by molar-refractivity contribution is 0.437. The largest absolute Gasteiger partial charge is 0.493 e. The average molecular weight is 245 g/mol. The van der Waals surface area contributed by atoms with E-state index in [9.17, 15) is 14.3 Å². The first-order valence-electron chi connectivity index (χ1n) is 5.22. The van der Waals surface area contributed by atoms with Crippen molar-refractivity contribution in [3.05, 3.63) is 52.7 Å². The molecule has 90 valence electrons. The maximum atomic E-state index is 13.2. The smallest absolute Gasteiger partial charge is 0.262 e. The lowest BCUT2D eigenvalue weighted by atomic mass is 10.1. The van der Waals surface area contributed by atoms with Crippen LogP contribution in [0.1, 0.15) is 0 Å². The van der Waals surface area contributed by atoms with E-state index in [4.69, 9.17) is 0 Å². The van der Waals surface area contributed by atoms with Crippen molar-refractivity contribution in [2.45, 2.75) is 0 Å². The Morgan fingerprint density at radius 2 is 2.17 bits per heavy atom. The number of hydrogen-bond donors (Lipinski definition) is 2. The van der Waals surface area contributed by atoms with Gasteiger partial charge in [0.05, 0.1) is 6.20 Å². The van der Waals surface area contributed by atoms with E-state index in [0.29, 0.717) is 11.2 Å². The standard InChI is InChI=1S/C12H8FN3O2/c13-8-3-1-2-7(6-8)10-11(17)15-9-4-5-14-16(9)12(10)18/h1-6,18H,(H,15,17). The summed E-state index contributed by atoms with van der Waals surface area (Å²) in [5, 5.41) is 13.9. The van der Waals surface area contributed by atoms with Gasteiger partial charge in [0.25, 0.3) is 5.56 Å². The van der Waals surface area contributed by atoms with Crippen LogP contribution < -0.4 is 5.56 Å². The maximum absolute atomic E-state index is 13.2. The molecule has 0 aliphatic heterocycles. The van der Waals surface area contributed by atoms with Gasteiger partial charge in [0.1, 0.15) is 17.0 Å². The van der Waals surface area contributed by atoms with Crippen LogP contribution in [0, 0.1) is 5.82 Å². The molecule has 3 rings (SSSR count). The summed E-state index contributed by atoms with van der Waals surface area (Å²) in [7, 11) is 0. The molecule has 6 heteroatoms. The first-order chi connectivity index (χ1) is 8.66. The van der Waals surface area contributed by atoms with Crippen LogP contribution in [0.4, 0.5) is 4.39 Å². The molecule has 0 bridgehead atoms. The highest BCUT2D eigenvalue weighted by molar-refractivity contribution is 5.68. The predicted octanol–water partition coefficient (Wildman–Crippen LogP) is 1.53. The number of nitrogens with zero attached hydrogens (tertiary/aromatic N) is 2. The summed E-state index contributed by atoms with van der Waals surface area (Å²) in [6.45, 7) is 0. The molecule has 0 radical (unpaired) electrons. The summed E-state index contributed by atoms with van der Waals surface area (Å²) in [6, 6.07) is 7.01. The molecule has 0 unspecified atom stereocenters. The number of aromatic hydroxyl groups is 1. The Kier molecular flexibility index (Phi) is 2.16. The van der Waals surface area contributed by atoms with Crippen molar-refractivity contribution >= 4 is 5.65 Å². The van der Waals surface area contributed by atoms with Crippen molar-refractivity contribution < 1.29 is 9.50 Å². The van der Waals surface area contributed by atoms with E-state index in [-0.39, 0.29) is 11.4 Å². The zero-order valence-corrected chi connectivity index (χ0v) is 9.09. The van der Waals surface area contributed by atoms with Crippen molar-refractivity contribution in [3.8, 4) is 17.0 Å². The molecular weight excluding hydrogens is 237 g/mol. The quantitative estimate of drug-likeness (QED) is 0.683. The number of fused-ring (bicyclic) bond motifs is 1. The van der Waals surface area contributed by atoms with Crippen LogP contribution in [0.15, 0.2) is 41.3 Å². The minimum absolute atomic E-state index is 0.00861. The molecule has 0 spiro atoms. The van der Waals surface area contributed by atoms with Crippen LogP contribution in [0.25, 0.3) is 16.8 Å². The molecule has 5 nitrogen and oxygen atoms in total. The van der Waals surface area contributed by atoms with Gasteiger partial charge in [0, 0.05) is 6.07 Å². The number of rotatable bonds is 1. The summed E-state index contributed by atoms with van der Waals surface area (Å²) >= 11 is 0. The average Bonchev–Trinajstić information content (AvgIpc) is 2.77. The topological polar surface area (TPSA) is 70.4 Å². The Balaban J connectivity index is 2.38. The number of benzene rings is 1. The van der Waals surface area contributed by atoms with E-state index in [2.05, 4.69) is 10.1 Å². The Bertz CT molecular complexity index is 791. The second-order valence-electron chi connectivity index (χ2n) is 3.79. The summed E-state index contributed by atoms with van der Waals surface area (Å²) in [5.41, 5.74) is 0.167. The highest BCUT2D eigenvalue weighted by atomic mass is 19.1. The fraction of sp³-hybridized carbons (Fsp3) is 0. The highest BCUT2D eigenvalue weighted by Gasteiger charge is 2.14. The van der Waals surface area contributed by atoms with Gasteiger partial charge in [0.2, 0.25) is 5.88 Å². The van der Waals surface area contributed by atoms with E-state index in [1.807, 2.05) is 0 Å². The number of nitrogens with one attached hydrogen (secondary N) is 1. The zero-order valence-electron chi connectivity index (χ0n) is 9.09. The van der Waals surface area contributed by atoms with Gasteiger partial charge in [-0.3, -0.25) is 4.79 Å². The van der Waals surface area contributed by atoms with Crippen molar-refractivity contribution in [1.82, 2.24) is 14.6 Å². The summed E-state index contributed by atoms with van der Waals surface area (Å²) in [5.74, 6) is -0.795. The van der Waals surface area contributed by atoms with Crippen LogP contribution in [0.5, 0.6) is 5.88 Å². The van der Waals surface area contributed by atoms with E-state index >= 15 is 0 Å². The summed E-state index contributed by atoms with van der Waals surface area (Å²) in [6.07, 6.45) is 1.44. The van der Waals surface area contributed by atoms with Crippen molar-refractivity contribution in [2.24, 2.45) is 0 Å². The van der Waals surface area contributed by atoms with Crippen LogP contribution in [-0.2, 0) is 0 Å². The van der Waals surface area contributed by atoms with Gasteiger partial charge in [-0.15, -0.1) is 0 Å². The molecule has 3 aromatic rings. The molecule has 2 aromatic heterocycles. The van der Waals surface area contributed by atoms with Gasteiger partial charge in [-0.25, -0.2) is 4.39 Å². The molecular formula is C12H8FN3O2. The van der Waals surface area contributed by atoms with Crippen molar-refractivity contribution in [3.63, 3.8) is 0 Å². The lowest BCUT2D eigenvalue weighted by Gasteiger charge is -2.05. The van der Waals surface area contributed by atoms with E-state index < -0.39 is 11.4 Å². The minimum Gasteiger partial charge on any atom is -0.493 e. The zero-order chi connectivity index (χ0) is 12.7. The first-order valence-corrected chi connectivity index (χ1v) is 5.22. The molecule has 0 fully saturated rings. The van der Waals surface area contributed by atoms with Crippen molar-refractivity contribution in [1.29, 1.82) is 0 Å². The second-order valence-corrected chi connectivity index (χ2v) is 3.79. The Morgan fingerprint density at radius 1 is 1.33 bits per heavy atom. The third kappa shape index (κ3) is 1.46. The Hall–Kier alpha value is -2.63. The molecule has 1 aromatic carbocycles. The van der Waals surface area contributed by atoms with Gasteiger partial charge >= 0.3 is 0 Å². The number of halogens is 1. The number of H-pyrrole nitrogens is 1. The Morgan fingerprint density at radius 3 is 2.94 bits per heavy atom. The van der Waals surface area contributed by atoms with E-state index in [0.717, 1.165) is 0 Å². The summed E-state index contributed by atoms with van der Waals surface area (Å²) in [4.78, 5) is 14.4. The first kappa shape index (κ1) is 10.5. The fourth-order valence-corrected chi connectivity index (χ4v) is 1.86. The molecule has 0 aliphatic carbocycles. The lowest BCUT2D eigenvalue weighted by Crippen LogP contribution is -2.12. The van der Waals surface area contributed by atoms with Gasteiger partial charge < -0.3 is 10.1 Å². The van der Waals surface area contributed by atoms with Crippen LogP contribution >= 0.6 is 0 Å². The molecule has 2 N–H and O–H groups in total. The van der Waals surface area contributed by atoms with Crippen molar-refractivity contribution in [2.75, 3.05) is 0 Å². The van der Waals surface area contributed by atoms with Crippen LogP contribution in [-0.4, -0.2) is 19.7 Å². The summed E-state index contributed by atoms with van der Waals surface area (Å²) < 4.78 is 14.3. The van der Waals surface area contributed by atoms with Gasteiger partial charge in [-0.2, -0.15) is 9.61 Å². The third-order valence-corrected chi connectivity index (χ3v) is 2.65. The van der Waals surface area contributed by atoms with Crippen LogP contribution in [0.3, 0.4) is 0 Å². The fourth-order valence-electron chi connectivity index (χ4n) is 1.86. The molecule has 2 heterocycles.